The van der Waals surface area contributed by atoms with Gasteiger partial charge in [-0.1, -0.05) is 0 Å². The number of alkyl halides is 2. The third-order valence-electron chi connectivity index (χ3n) is 2.36. The lowest BCUT2D eigenvalue weighted by Gasteiger charge is -2.16. The zero-order valence-electron chi connectivity index (χ0n) is 10.8. The second-order valence-electron chi connectivity index (χ2n) is 4.10. The highest BCUT2D eigenvalue weighted by Gasteiger charge is 2.13. The maximum Gasteiger partial charge on any atom is 0.251 e. The summed E-state index contributed by atoms with van der Waals surface area (Å²) >= 11 is 0. The van der Waals surface area contributed by atoms with Gasteiger partial charge in [-0.3, -0.25) is 9.69 Å². The maximum absolute atomic E-state index is 12.1. The summed E-state index contributed by atoms with van der Waals surface area (Å²) in [5, 5.41) is 2.59. The molecule has 0 spiro atoms. The largest absolute Gasteiger partial charge is 0.494 e. The van der Waals surface area contributed by atoms with E-state index in [4.69, 9.17) is 10.5 Å². The SMILES string of the molecule is COc1cc(N)ccc1NC(=O)CN(C)CC(F)F. The Labute approximate surface area is 110 Å². The molecule has 1 aromatic carbocycles. The van der Waals surface area contributed by atoms with Crippen LogP contribution in [0.1, 0.15) is 0 Å². The molecule has 106 valence electrons. The quantitative estimate of drug-likeness (QED) is 0.769. The number of nitrogens with one attached hydrogen (secondary N) is 1. The van der Waals surface area contributed by atoms with E-state index in [0.29, 0.717) is 17.1 Å². The fourth-order valence-corrected chi connectivity index (χ4v) is 1.55. The smallest absolute Gasteiger partial charge is 0.251 e. The lowest BCUT2D eigenvalue weighted by molar-refractivity contribution is -0.117. The lowest BCUT2D eigenvalue weighted by atomic mass is 10.2. The van der Waals surface area contributed by atoms with E-state index in [1.165, 1.54) is 19.1 Å². The number of carbonyl (C=O) groups is 1. The molecular formula is C12H17F2N3O2. The molecule has 0 fully saturated rings. The molecular weight excluding hydrogens is 256 g/mol. The summed E-state index contributed by atoms with van der Waals surface area (Å²) in [7, 11) is 2.90. The molecule has 0 aliphatic heterocycles. The number of halogens is 2. The summed E-state index contributed by atoms with van der Waals surface area (Å²) in [6, 6.07) is 4.78. The molecule has 0 saturated carbocycles. The van der Waals surface area contributed by atoms with Gasteiger partial charge in [0.25, 0.3) is 6.43 Å². The first kappa shape index (κ1) is 15.2. The predicted octanol–water partition coefficient (Wildman–Crippen LogP) is 1.41. The minimum absolute atomic E-state index is 0.127. The van der Waals surface area contributed by atoms with Crippen molar-refractivity contribution in [2.75, 3.05) is 38.3 Å². The molecule has 0 unspecified atom stereocenters. The molecule has 1 rings (SSSR count). The third-order valence-corrected chi connectivity index (χ3v) is 2.36. The molecule has 0 bridgehead atoms. The Hall–Kier alpha value is -1.89. The van der Waals surface area contributed by atoms with Crippen LogP contribution in [0.15, 0.2) is 18.2 Å². The number of carbonyl (C=O) groups excluding carboxylic acids is 1. The standard InChI is InChI=1S/C12H17F2N3O2/c1-17(6-11(13)14)7-12(18)16-9-4-3-8(15)5-10(9)19-2/h3-5,11H,6-7,15H2,1-2H3,(H,16,18). The average molecular weight is 273 g/mol. The van der Waals surface area contributed by atoms with E-state index in [1.54, 1.807) is 18.2 Å². The highest BCUT2D eigenvalue weighted by atomic mass is 19.3. The van der Waals surface area contributed by atoms with Crippen molar-refractivity contribution in [3.63, 3.8) is 0 Å². The highest BCUT2D eigenvalue weighted by Crippen LogP contribution is 2.26. The van der Waals surface area contributed by atoms with E-state index in [2.05, 4.69) is 5.32 Å². The Balaban J connectivity index is 2.62. The van der Waals surface area contributed by atoms with Crippen LogP contribution in [0.3, 0.4) is 0 Å². The third kappa shape index (κ3) is 5.09. The first-order chi connectivity index (χ1) is 8.92. The number of ether oxygens (including phenoxy) is 1. The number of rotatable bonds is 6. The number of nitrogen functional groups attached to an aromatic ring is 1. The van der Waals surface area contributed by atoms with Crippen LogP contribution in [0, 0.1) is 0 Å². The number of likely N-dealkylation sites (N-methyl/N-ethyl adjacent to an activating group) is 1. The van der Waals surface area contributed by atoms with Gasteiger partial charge in [0.2, 0.25) is 5.91 Å². The summed E-state index contributed by atoms with van der Waals surface area (Å²) < 4.78 is 29.3. The van der Waals surface area contributed by atoms with Crippen LogP contribution in [0.5, 0.6) is 5.75 Å². The number of hydrogen-bond acceptors (Lipinski definition) is 4. The second-order valence-corrected chi connectivity index (χ2v) is 4.10. The molecule has 5 nitrogen and oxygen atoms in total. The van der Waals surface area contributed by atoms with Gasteiger partial charge in [0, 0.05) is 11.8 Å². The van der Waals surface area contributed by atoms with Gasteiger partial charge in [0.05, 0.1) is 25.9 Å². The van der Waals surface area contributed by atoms with E-state index in [9.17, 15) is 13.6 Å². The summed E-state index contributed by atoms with van der Waals surface area (Å²) in [6.45, 7) is -0.579. The molecule has 0 radical (unpaired) electrons. The molecule has 0 aliphatic rings. The number of hydrogen-bond donors (Lipinski definition) is 2. The topological polar surface area (TPSA) is 67.6 Å². The molecule has 3 N–H and O–H groups in total. The number of benzene rings is 1. The fourth-order valence-electron chi connectivity index (χ4n) is 1.55. The average Bonchev–Trinajstić information content (AvgIpc) is 2.30. The van der Waals surface area contributed by atoms with Crippen LogP contribution in [-0.4, -0.2) is 44.5 Å². The van der Waals surface area contributed by atoms with E-state index < -0.39 is 18.9 Å². The molecule has 19 heavy (non-hydrogen) atoms. The number of anilines is 2. The van der Waals surface area contributed by atoms with Crippen molar-refractivity contribution in [3.05, 3.63) is 18.2 Å². The first-order valence-corrected chi connectivity index (χ1v) is 5.62. The van der Waals surface area contributed by atoms with Crippen molar-refractivity contribution >= 4 is 17.3 Å². The van der Waals surface area contributed by atoms with Gasteiger partial charge in [-0.05, 0) is 19.2 Å². The Bertz CT molecular complexity index is 441. The summed E-state index contributed by atoms with van der Waals surface area (Å²) in [4.78, 5) is 12.9. The van der Waals surface area contributed by atoms with Crippen molar-refractivity contribution < 1.29 is 18.3 Å². The molecule has 0 heterocycles. The molecule has 0 aromatic heterocycles. The van der Waals surface area contributed by atoms with Crippen molar-refractivity contribution in [1.82, 2.24) is 4.90 Å². The summed E-state index contributed by atoms with van der Waals surface area (Å²) in [5.41, 5.74) is 6.54. The second kappa shape index (κ2) is 6.89. The number of nitrogens with two attached hydrogens (primary N) is 1. The predicted molar refractivity (Wildman–Crippen MR) is 69.5 cm³/mol. The Morgan fingerprint density at radius 2 is 2.21 bits per heavy atom. The molecule has 7 heteroatoms. The van der Waals surface area contributed by atoms with Crippen LogP contribution < -0.4 is 15.8 Å². The minimum atomic E-state index is -2.47. The summed E-state index contributed by atoms with van der Waals surface area (Å²) in [6.07, 6.45) is -2.47. The van der Waals surface area contributed by atoms with Crippen LogP contribution >= 0.6 is 0 Å². The van der Waals surface area contributed by atoms with Gasteiger partial charge in [-0.15, -0.1) is 0 Å². The van der Waals surface area contributed by atoms with Gasteiger partial charge >= 0.3 is 0 Å². The Morgan fingerprint density at radius 1 is 1.53 bits per heavy atom. The van der Waals surface area contributed by atoms with Crippen LogP contribution in [0.2, 0.25) is 0 Å². The molecule has 0 atom stereocenters. The minimum Gasteiger partial charge on any atom is -0.494 e. The van der Waals surface area contributed by atoms with Crippen LogP contribution in [-0.2, 0) is 4.79 Å². The van der Waals surface area contributed by atoms with Crippen molar-refractivity contribution in [3.8, 4) is 5.75 Å². The molecule has 1 aromatic rings. The first-order valence-electron chi connectivity index (χ1n) is 5.62. The van der Waals surface area contributed by atoms with Gasteiger partial charge < -0.3 is 15.8 Å². The van der Waals surface area contributed by atoms with Gasteiger partial charge in [-0.2, -0.15) is 0 Å². The van der Waals surface area contributed by atoms with Crippen molar-refractivity contribution in [2.24, 2.45) is 0 Å². The normalized spacial score (nSPS) is 10.8. The van der Waals surface area contributed by atoms with E-state index in [-0.39, 0.29) is 6.54 Å². The van der Waals surface area contributed by atoms with Crippen LogP contribution in [0.4, 0.5) is 20.2 Å². The van der Waals surface area contributed by atoms with Gasteiger partial charge in [0.15, 0.2) is 0 Å². The number of nitrogens with zero attached hydrogens (tertiary/aromatic N) is 1. The van der Waals surface area contributed by atoms with Gasteiger partial charge in [-0.25, -0.2) is 8.78 Å². The van der Waals surface area contributed by atoms with E-state index >= 15 is 0 Å². The monoisotopic (exact) mass is 273 g/mol. The molecule has 1 amide bonds. The molecule has 0 saturated heterocycles. The van der Waals surface area contributed by atoms with Crippen molar-refractivity contribution in [2.45, 2.75) is 6.43 Å². The maximum atomic E-state index is 12.1. The number of amides is 1. The lowest BCUT2D eigenvalue weighted by Crippen LogP contribution is -2.33. The van der Waals surface area contributed by atoms with Crippen LogP contribution in [0.25, 0.3) is 0 Å². The van der Waals surface area contributed by atoms with Gasteiger partial charge in [0.1, 0.15) is 5.75 Å². The Morgan fingerprint density at radius 3 is 2.79 bits per heavy atom. The highest BCUT2D eigenvalue weighted by molar-refractivity contribution is 5.94. The fraction of sp³-hybridized carbons (Fsp3) is 0.417. The van der Waals surface area contributed by atoms with E-state index in [1.807, 2.05) is 0 Å². The van der Waals surface area contributed by atoms with Crippen molar-refractivity contribution in [1.29, 1.82) is 0 Å². The number of methoxy groups -OCH3 is 1. The van der Waals surface area contributed by atoms with E-state index in [0.717, 1.165) is 0 Å². The zero-order chi connectivity index (χ0) is 14.4. The Kier molecular flexibility index (Phi) is 5.50. The zero-order valence-corrected chi connectivity index (χ0v) is 10.8. The summed E-state index contributed by atoms with van der Waals surface area (Å²) in [5.74, 6) is 0.0242. The molecule has 0 aliphatic carbocycles.